The van der Waals surface area contributed by atoms with E-state index < -0.39 is 16.0 Å². The van der Waals surface area contributed by atoms with Gasteiger partial charge in [0.15, 0.2) is 0 Å². The number of benzene rings is 1. The molecular formula is C18H24N2O4S2. The van der Waals surface area contributed by atoms with Crippen LogP contribution < -0.4 is 4.72 Å². The van der Waals surface area contributed by atoms with Gasteiger partial charge in [-0.2, -0.15) is 0 Å². The summed E-state index contributed by atoms with van der Waals surface area (Å²) in [5.41, 5.74) is 0.553. The minimum atomic E-state index is -3.85. The zero-order valence-electron chi connectivity index (χ0n) is 15.3. The van der Waals surface area contributed by atoms with Crippen LogP contribution in [0.2, 0.25) is 0 Å². The lowest BCUT2D eigenvalue weighted by atomic mass is 10.0. The quantitative estimate of drug-likeness (QED) is 0.716. The third kappa shape index (κ3) is 4.70. The van der Waals surface area contributed by atoms with Crippen molar-refractivity contribution in [2.45, 2.75) is 30.7 Å². The van der Waals surface area contributed by atoms with Crippen LogP contribution in [0, 0.1) is 0 Å². The van der Waals surface area contributed by atoms with Gasteiger partial charge in [-0.3, -0.25) is 0 Å². The van der Waals surface area contributed by atoms with Crippen LogP contribution in [-0.4, -0.2) is 45.0 Å². The van der Waals surface area contributed by atoms with E-state index in [1.807, 2.05) is 50.4 Å². The lowest BCUT2D eigenvalue weighted by Crippen LogP contribution is -2.34. The Morgan fingerprint density at radius 3 is 2.46 bits per heavy atom. The molecule has 0 fully saturated rings. The van der Waals surface area contributed by atoms with Crippen LogP contribution in [0.1, 0.15) is 46.6 Å². The first-order chi connectivity index (χ1) is 12.1. The normalized spacial score (nSPS) is 13.3. The van der Waals surface area contributed by atoms with Crippen LogP contribution in [0.3, 0.4) is 0 Å². The molecule has 0 amide bonds. The van der Waals surface area contributed by atoms with Gasteiger partial charge in [0, 0.05) is 11.4 Å². The Morgan fingerprint density at radius 1 is 1.27 bits per heavy atom. The first-order valence-electron chi connectivity index (χ1n) is 8.20. The number of rotatable bonds is 8. The standard InChI is InChI=1S/C18H24N2O4S2/c1-12(2)14-8-7-13(18(21)22)10-17(14)26(23,24)19-11-15(20(3)4)16-6-5-9-25-16/h5-10,12,15,19H,11H2,1-4H3,(H,21,22). The average Bonchev–Trinajstić information content (AvgIpc) is 3.08. The van der Waals surface area contributed by atoms with Crippen molar-refractivity contribution in [3.05, 3.63) is 51.7 Å². The van der Waals surface area contributed by atoms with E-state index in [1.165, 1.54) is 12.1 Å². The summed E-state index contributed by atoms with van der Waals surface area (Å²) in [5, 5.41) is 11.2. The molecule has 0 radical (unpaired) electrons. The average molecular weight is 397 g/mol. The molecule has 1 aromatic carbocycles. The van der Waals surface area contributed by atoms with E-state index in [0.717, 1.165) is 4.88 Å². The van der Waals surface area contributed by atoms with Crippen molar-refractivity contribution in [2.24, 2.45) is 0 Å². The SMILES string of the molecule is CC(C)c1ccc(C(=O)O)cc1S(=O)(=O)NCC(c1cccs1)N(C)C. The highest BCUT2D eigenvalue weighted by Crippen LogP contribution is 2.27. The number of sulfonamides is 1. The lowest BCUT2D eigenvalue weighted by Gasteiger charge is -2.24. The molecule has 6 nitrogen and oxygen atoms in total. The largest absolute Gasteiger partial charge is 0.478 e. The topological polar surface area (TPSA) is 86.7 Å². The second kappa shape index (κ2) is 8.30. The van der Waals surface area contributed by atoms with Crippen molar-refractivity contribution in [3.63, 3.8) is 0 Å². The predicted molar refractivity (Wildman–Crippen MR) is 103 cm³/mol. The Hall–Kier alpha value is -1.74. The molecule has 8 heteroatoms. The Labute approximate surface area is 158 Å². The van der Waals surface area contributed by atoms with Crippen molar-refractivity contribution < 1.29 is 18.3 Å². The summed E-state index contributed by atoms with van der Waals surface area (Å²) in [6, 6.07) is 8.04. The van der Waals surface area contributed by atoms with Gasteiger partial charge < -0.3 is 10.0 Å². The molecule has 26 heavy (non-hydrogen) atoms. The fourth-order valence-corrected chi connectivity index (χ4v) is 5.01. The third-order valence-electron chi connectivity index (χ3n) is 4.13. The molecule has 0 spiro atoms. The van der Waals surface area contributed by atoms with Crippen molar-refractivity contribution >= 4 is 27.3 Å². The highest BCUT2D eigenvalue weighted by Gasteiger charge is 2.24. The summed E-state index contributed by atoms with van der Waals surface area (Å²) in [7, 11) is -0.0627. The maximum Gasteiger partial charge on any atom is 0.335 e. The van der Waals surface area contributed by atoms with Gasteiger partial charge in [-0.05, 0) is 49.2 Å². The van der Waals surface area contributed by atoms with Crippen LogP contribution in [0.5, 0.6) is 0 Å². The number of carboxylic acid groups (broad SMARTS) is 1. The number of nitrogens with one attached hydrogen (secondary N) is 1. The maximum absolute atomic E-state index is 12.9. The van der Waals surface area contributed by atoms with Crippen LogP contribution in [-0.2, 0) is 10.0 Å². The first kappa shape index (κ1) is 20.6. The molecule has 0 aliphatic heterocycles. The molecule has 0 bridgehead atoms. The Balaban J connectivity index is 2.34. The number of hydrogen-bond acceptors (Lipinski definition) is 5. The van der Waals surface area contributed by atoms with Crippen molar-refractivity contribution in [2.75, 3.05) is 20.6 Å². The molecule has 2 N–H and O–H groups in total. The Kier molecular flexibility index (Phi) is 6.57. The molecule has 1 aromatic heterocycles. The van der Waals surface area contributed by atoms with Crippen LogP contribution in [0.15, 0.2) is 40.6 Å². The van der Waals surface area contributed by atoms with Gasteiger partial charge in [-0.25, -0.2) is 17.9 Å². The van der Waals surface area contributed by atoms with Gasteiger partial charge in [0.25, 0.3) is 0 Å². The van der Waals surface area contributed by atoms with Crippen molar-refractivity contribution in [1.29, 1.82) is 0 Å². The zero-order chi connectivity index (χ0) is 19.5. The minimum absolute atomic E-state index is 0.0242. The number of carbonyl (C=O) groups is 1. The number of likely N-dealkylation sites (N-methyl/N-ethyl adjacent to an activating group) is 1. The molecule has 0 saturated heterocycles. The lowest BCUT2D eigenvalue weighted by molar-refractivity contribution is 0.0696. The maximum atomic E-state index is 12.9. The molecule has 0 aliphatic carbocycles. The predicted octanol–water partition coefficient (Wildman–Crippen LogP) is 3.15. The van der Waals surface area contributed by atoms with Gasteiger partial charge in [0.05, 0.1) is 16.5 Å². The fourth-order valence-electron chi connectivity index (χ4n) is 2.66. The Bertz CT molecular complexity index is 859. The molecular weight excluding hydrogens is 372 g/mol. The Morgan fingerprint density at radius 2 is 1.96 bits per heavy atom. The van der Waals surface area contributed by atoms with E-state index in [9.17, 15) is 18.3 Å². The van der Waals surface area contributed by atoms with E-state index in [-0.39, 0.29) is 29.0 Å². The van der Waals surface area contributed by atoms with E-state index >= 15 is 0 Å². The smallest absolute Gasteiger partial charge is 0.335 e. The summed E-state index contributed by atoms with van der Waals surface area (Å²) in [6.07, 6.45) is 0. The van der Waals surface area contributed by atoms with Gasteiger partial charge in [-0.15, -0.1) is 11.3 Å². The van der Waals surface area contributed by atoms with E-state index in [1.54, 1.807) is 17.4 Å². The van der Waals surface area contributed by atoms with Gasteiger partial charge >= 0.3 is 5.97 Å². The van der Waals surface area contributed by atoms with E-state index in [4.69, 9.17) is 0 Å². The highest BCUT2D eigenvalue weighted by molar-refractivity contribution is 7.89. The highest BCUT2D eigenvalue weighted by atomic mass is 32.2. The van der Waals surface area contributed by atoms with Gasteiger partial charge in [-0.1, -0.05) is 26.0 Å². The number of aromatic carboxylic acids is 1. The third-order valence-corrected chi connectivity index (χ3v) is 6.59. The second-order valence-electron chi connectivity index (χ2n) is 6.56. The molecule has 1 heterocycles. The van der Waals surface area contributed by atoms with E-state index in [2.05, 4.69) is 4.72 Å². The second-order valence-corrected chi connectivity index (χ2v) is 9.27. The molecule has 142 valence electrons. The summed E-state index contributed by atoms with van der Waals surface area (Å²) in [5.74, 6) is -1.20. The summed E-state index contributed by atoms with van der Waals surface area (Å²) >= 11 is 1.57. The molecule has 2 rings (SSSR count). The van der Waals surface area contributed by atoms with Crippen molar-refractivity contribution in [3.8, 4) is 0 Å². The molecule has 2 aromatic rings. The van der Waals surface area contributed by atoms with Crippen LogP contribution in [0.4, 0.5) is 0 Å². The number of nitrogens with zero attached hydrogens (tertiary/aromatic N) is 1. The number of carboxylic acids is 1. The van der Waals surface area contributed by atoms with Crippen molar-refractivity contribution in [1.82, 2.24) is 9.62 Å². The molecule has 0 saturated carbocycles. The zero-order valence-corrected chi connectivity index (χ0v) is 16.9. The summed E-state index contributed by atoms with van der Waals surface area (Å²) in [4.78, 5) is 14.3. The molecule has 1 unspecified atom stereocenters. The number of thiophene rings is 1. The molecule has 0 aliphatic rings. The monoisotopic (exact) mass is 396 g/mol. The number of hydrogen-bond donors (Lipinski definition) is 2. The van der Waals surface area contributed by atoms with E-state index in [0.29, 0.717) is 5.56 Å². The van der Waals surface area contributed by atoms with Gasteiger partial charge in [0.1, 0.15) is 0 Å². The summed E-state index contributed by atoms with van der Waals surface area (Å²) < 4.78 is 28.5. The molecule has 1 atom stereocenters. The van der Waals surface area contributed by atoms with Gasteiger partial charge in [0.2, 0.25) is 10.0 Å². The van der Waals surface area contributed by atoms with Crippen LogP contribution in [0.25, 0.3) is 0 Å². The minimum Gasteiger partial charge on any atom is -0.478 e. The summed E-state index contributed by atoms with van der Waals surface area (Å²) in [6.45, 7) is 3.96. The first-order valence-corrected chi connectivity index (χ1v) is 10.6. The fraction of sp³-hybridized carbons (Fsp3) is 0.389. The van der Waals surface area contributed by atoms with Crippen LogP contribution >= 0.6 is 11.3 Å².